The molecule has 0 unspecified atom stereocenters. The lowest BCUT2D eigenvalue weighted by Crippen LogP contribution is -2.44. The fraction of sp³-hybridized carbons (Fsp3) is 0.419. The van der Waals surface area contributed by atoms with Crippen molar-refractivity contribution in [3.63, 3.8) is 0 Å². The van der Waals surface area contributed by atoms with Crippen LogP contribution in [0.1, 0.15) is 50.5 Å². The summed E-state index contributed by atoms with van der Waals surface area (Å²) in [6.07, 6.45) is 7.52. The van der Waals surface area contributed by atoms with Crippen LogP contribution < -0.4 is 0 Å². The minimum Gasteiger partial charge on any atom is -0.464 e. The zero-order valence-electron chi connectivity index (χ0n) is 21.4. The third-order valence-electron chi connectivity index (χ3n) is 8.97. The fourth-order valence-corrected chi connectivity index (χ4v) is 6.52. The molecule has 1 atom stereocenters. The average Bonchev–Trinajstić information content (AvgIpc) is 3.35. The van der Waals surface area contributed by atoms with Crippen molar-refractivity contribution in [2.75, 3.05) is 19.6 Å². The van der Waals surface area contributed by atoms with E-state index < -0.39 is 11.0 Å². The predicted octanol–water partition coefficient (Wildman–Crippen LogP) is 5.15. The number of rotatable bonds is 5. The number of aliphatic imine (C=N–C) groups is 1. The topological polar surface area (TPSA) is 89.9 Å². The summed E-state index contributed by atoms with van der Waals surface area (Å²) in [4.78, 5) is 35.5. The summed E-state index contributed by atoms with van der Waals surface area (Å²) in [5.74, 6) is 1.02. The molecule has 2 aliphatic heterocycles. The molecule has 2 aromatic carbocycles. The normalized spacial score (nSPS) is 23.3. The third kappa shape index (κ3) is 3.65. The van der Waals surface area contributed by atoms with E-state index in [9.17, 15) is 14.9 Å². The summed E-state index contributed by atoms with van der Waals surface area (Å²) in [6, 6.07) is 18.7. The zero-order valence-corrected chi connectivity index (χ0v) is 21.4. The Morgan fingerprint density at radius 3 is 2.50 bits per heavy atom. The second kappa shape index (κ2) is 8.56. The van der Waals surface area contributed by atoms with Gasteiger partial charge in [0.15, 0.2) is 0 Å². The van der Waals surface area contributed by atoms with Crippen LogP contribution >= 0.6 is 0 Å². The molecule has 1 aromatic heterocycles. The molecule has 2 saturated carbocycles. The van der Waals surface area contributed by atoms with Crippen LogP contribution in [0.15, 0.2) is 64.2 Å². The molecule has 1 saturated heterocycles. The molecule has 7 heteroatoms. The van der Waals surface area contributed by atoms with Crippen LogP contribution in [0.25, 0.3) is 22.1 Å². The molecular formula is C31H30N4O3. The van der Waals surface area contributed by atoms with Crippen LogP contribution in [0.4, 0.5) is 0 Å². The summed E-state index contributed by atoms with van der Waals surface area (Å²) < 4.78 is 5.47. The van der Waals surface area contributed by atoms with Crippen molar-refractivity contribution in [1.82, 2.24) is 9.80 Å². The van der Waals surface area contributed by atoms with E-state index in [0.717, 1.165) is 65.6 Å². The number of likely N-dealkylation sites (tertiary alicyclic amines) is 1. The first-order valence-electron chi connectivity index (χ1n) is 13.7. The number of nitriles is 1. The number of amides is 2. The quantitative estimate of drug-likeness (QED) is 0.478. The van der Waals surface area contributed by atoms with Crippen molar-refractivity contribution in [2.24, 2.45) is 16.3 Å². The second-order valence-electron chi connectivity index (χ2n) is 11.4. The minimum absolute atomic E-state index is 0.0272. The Bertz CT molecular complexity index is 1500. The van der Waals surface area contributed by atoms with Crippen LogP contribution in [0.3, 0.4) is 0 Å². The highest BCUT2D eigenvalue weighted by Crippen LogP contribution is 2.47. The highest BCUT2D eigenvalue weighted by molar-refractivity contribution is 6.15. The molecule has 3 aromatic rings. The van der Waals surface area contributed by atoms with Crippen molar-refractivity contribution >= 4 is 28.6 Å². The van der Waals surface area contributed by atoms with E-state index in [-0.39, 0.29) is 17.7 Å². The molecule has 4 aliphatic rings. The van der Waals surface area contributed by atoms with E-state index >= 15 is 0 Å². The van der Waals surface area contributed by atoms with E-state index in [1.165, 1.54) is 0 Å². The minimum atomic E-state index is -0.789. The average molecular weight is 507 g/mol. The molecule has 0 N–H and O–H groups in total. The number of furan rings is 1. The number of carbonyl (C=O) groups excluding carboxylic acids is 2. The summed E-state index contributed by atoms with van der Waals surface area (Å²) in [5.41, 5.74) is 2.60. The van der Waals surface area contributed by atoms with Gasteiger partial charge in [0.05, 0.1) is 12.3 Å². The standard InChI is InChI=1S/C31H30N4O3/c32-20-30(13-14-30)28(36)34-15-9-21(18-34)19-35-27(33-31(29(35)37)11-1-2-12-31)23-5-3-22(4-6-23)24-7-8-26-25(17-24)10-16-38-26/h3-8,10,16-17,21H,1-2,9,11-15,18-19H2/t21-/m1/s1. The van der Waals surface area contributed by atoms with E-state index in [2.05, 4.69) is 42.5 Å². The molecule has 7 rings (SSSR count). The molecule has 192 valence electrons. The first kappa shape index (κ1) is 23.2. The fourth-order valence-electron chi connectivity index (χ4n) is 6.52. The Morgan fingerprint density at radius 1 is 1.03 bits per heavy atom. The lowest BCUT2D eigenvalue weighted by atomic mass is 9.97. The lowest BCUT2D eigenvalue weighted by Gasteiger charge is -2.26. The van der Waals surface area contributed by atoms with Gasteiger partial charge in [-0.25, -0.2) is 0 Å². The number of nitrogens with zero attached hydrogens (tertiary/aromatic N) is 4. The summed E-state index contributed by atoms with van der Waals surface area (Å²) in [5, 5.41) is 10.5. The highest BCUT2D eigenvalue weighted by Gasteiger charge is 2.54. The maximum atomic E-state index is 13.8. The number of carbonyl (C=O) groups is 2. The molecular weight excluding hydrogens is 476 g/mol. The third-order valence-corrected chi connectivity index (χ3v) is 8.97. The molecule has 0 bridgehead atoms. The number of benzene rings is 2. The van der Waals surface area contributed by atoms with Gasteiger partial charge in [0.25, 0.3) is 5.91 Å². The smallest absolute Gasteiger partial charge is 0.256 e. The summed E-state index contributed by atoms with van der Waals surface area (Å²) in [7, 11) is 0. The van der Waals surface area contributed by atoms with Gasteiger partial charge in [-0.1, -0.05) is 43.2 Å². The maximum Gasteiger partial charge on any atom is 0.256 e. The van der Waals surface area contributed by atoms with E-state index in [4.69, 9.17) is 9.41 Å². The number of hydrogen-bond acceptors (Lipinski definition) is 5. The molecule has 2 aliphatic carbocycles. The van der Waals surface area contributed by atoms with Gasteiger partial charge in [0.1, 0.15) is 22.4 Å². The molecule has 1 spiro atoms. The SMILES string of the molecule is N#CC1(C(=O)N2CC[C@@H](CN3C(=O)C4(CCCC4)N=C3c3ccc(-c4ccc5occc5c4)cc3)C2)CC1. The molecule has 0 radical (unpaired) electrons. The van der Waals surface area contributed by atoms with Gasteiger partial charge < -0.3 is 9.32 Å². The first-order valence-corrected chi connectivity index (χ1v) is 13.7. The Morgan fingerprint density at radius 2 is 1.76 bits per heavy atom. The van der Waals surface area contributed by atoms with Crippen LogP contribution in [0.5, 0.6) is 0 Å². The summed E-state index contributed by atoms with van der Waals surface area (Å²) >= 11 is 0. The van der Waals surface area contributed by atoms with Crippen molar-refractivity contribution < 1.29 is 14.0 Å². The zero-order chi connectivity index (χ0) is 25.9. The first-order chi connectivity index (χ1) is 18.5. The van der Waals surface area contributed by atoms with E-state index in [1.54, 1.807) is 6.26 Å². The van der Waals surface area contributed by atoms with E-state index in [0.29, 0.717) is 32.5 Å². The van der Waals surface area contributed by atoms with Gasteiger partial charge in [-0.05, 0) is 67.3 Å². The molecule has 3 heterocycles. The monoisotopic (exact) mass is 506 g/mol. The molecule has 2 amide bonds. The highest BCUT2D eigenvalue weighted by atomic mass is 16.3. The number of amidine groups is 1. The van der Waals surface area contributed by atoms with Crippen LogP contribution in [-0.4, -0.2) is 52.6 Å². The van der Waals surface area contributed by atoms with Gasteiger partial charge >= 0.3 is 0 Å². The molecule has 3 fully saturated rings. The second-order valence-corrected chi connectivity index (χ2v) is 11.4. The molecule has 7 nitrogen and oxygen atoms in total. The van der Waals surface area contributed by atoms with Crippen LogP contribution in [0, 0.1) is 22.7 Å². The van der Waals surface area contributed by atoms with Crippen molar-refractivity contribution in [3.05, 3.63) is 60.4 Å². The van der Waals surface area contributed by atoms with Crippen LogP contribution in [0.2, 0.25) is 0 Å². The summed E-state index contributed by atoms with van der Waals surface area (Å²) in [6.45, 7) is 1.81. The van der Waals surface area contributed by atoms with Gasteiger partial charge in [-0.3, -0.25) is 19.5 Å². The largest absolute Gasteiger partial charge is 0.464 e. The van der Waals surface area contributed by atoms with Crippen molar-refractivity contribution in [2.45, 2.75) is 50.5 Å². The number of fused-ring (bicyclic) bond motifs is 1. The van der Waals surface area contributed by atoms with Gasteiger partial charge in [0, 0.05) is 30.6 Å². The Balaban J connectivity index is 1.13. The van der Waals surface area contributed by atoms with Crippen molar-refractivity contribution in [1.29, 1.82) is 5.26 Å². The van der Waals surface area contributed by atoms with Crippen molar-refractivity contribution in [3.8, 4) is 17.2 Å². The van der Waals surface area contributed by atoms with Gasteiger partial charge in [-0.15, -0.1) is 0 Å². The Hall–Kier alpha value is -3.92. The maximum absolute atomic E-state index is 13.8. The van der Waals surface area contributed by atoms with E-state index in [1.807, 2.05) is 21.9 Å². The number of hydrogen-bond donors (Lipinski definition) is 0. The lowest BCUT2D eigenvalue weighted by molar-refractivity contribution is -0.134. The van der Waals surface area contributed by atoms with Gasteiger partial charge in [-0.2, -0.15) is 5.26 Å². The Labute approximate surface area is 221 Å². The van der Waals surface area contributed by atoms with Gasteiger partial charge in [0.2, 0.25) is 5.91 Å². The predicted molar refractivity (Wildman–Crippen MR) is 143 cm³/mol. The Kier molecular flexibility index (Phi) is 5.23. The van der Waals surface area contributed by atoms with Crippen LogP contribution in [-0.2, 0) is 9.59 Å². The molecule has 38 heavy (non-hydrogen) atoms.